The van der Waals surface area contributed by atoms with Crippen LogP contribution in [0.15, 0.2) is 54.6 Å². The van der Waals surface area contributed by atoms with Crippen LogP contribution >= 0.6 is 12.4 Å². The first-order valence-corrected chi connectivity index (χ1v) is 9.94. The Bertz CT molecular complexity index is 772. The van der Waals surface area contributed by atoms with Gasteiger partial charge in [-0.05, 0) is 43.4 Å². The van der Waals surface area contributed by atoms with Gasteiger partial charge >= 0.3 is 0 Å². The zero-order valence-corrected chi connectivity index (χ0v) is 17.9. The van der Waals surface area contributed by atoms with E-state index in [2.05, 4.69) is 13.0 Å². The number of rotatable bonds is 8. The monoisotopic (exact) mass is 418 g/mol. The van der Waals surface area contributed by atoms with Crippen molar-refractivity contribution in [2.45, 2.75) is 51.0 Å². The lowest BCUT2D eigenvalue weighted by molar-refractivity contribution is -0.145. The predicted molar refractivity (Wildman–Crippen MR) is 117 cm³/mol. The average molecular weight is 419 g/mol. The van der Waals surface area contributed by atoms with E-state index in [1.807, 2.05) is 53.4 Å². The van der Waals surface area contributed by atoms with E-state index in [0.29, 0.717) is 13.1 Å². The molecule has 1 aliphatic heterocycles. The number of carbonyl (C=O) groups excluding carboxylic acids is 1. The van der Waals surface area contributed by atoms with E-state index < -0.39 is 6.10 Å². The van der Waals surface area contributed by atoms with E-state index in [1.54, 1.807) is 7.11 Å². The minimum absolute atomic E-state index is 0. The fourth-order valence-corrected chi connectivity index (χ4v) is 3.78. The molecule has 0 spiro atoms. The Morgan fingerprint density at radius 1 is 1.17 bits per heavy atom. The number of hydrogen-bond donors (Lipinski definition) is 1. The molecule has 0 aliphatic carbocycles. The normalized spacial score (nSPS) is 19.3. The van der Waals surface area contributed by atoms with Crippen LogP contribution in [0.1, 0.15) is 30.9 Å². The SMILES string of the molecule is COc1ccccc1CC(C)N(Cc1ccccc1)C(=O)[C@@H]1CC[C@H](CN)O1.Cl. The van der Waals surface area contributed by atoms with Crippen LogP contribution in [0.25, 0.3) is 0 Å². The molecule has 1 amide bonds. The molecule has 0 bridgehead atoms. The summed E-state index contributed by atoms with van der Waals surface area (Å²) in [7, 11) is 1.68. The predicted octanol–water partition coefficient (Wildman–Crippen LogP) is 3.58. The molecular weight excluding hydrogens is 388 g/mol. The average Bonchev–Trinajstić information content (AvgIpc) is 3.22. The molecular formula is C23H31ClN2O3. The van der Waals surface area contributed by atoms with Crippen molar-refractivity contribution < 1.29 is 14.3 Å². The summed E-state index contributed by atoms with van der Waals surface area (Å²) in [6.45, 7) is 3.10. The summed E-state index contributed by atoms with van der Waals surface area (Å²) < 4.78 is 11.4. The van der Waals surface area contributed by atoms with Crippen LogP contribution in [0, 0.1) is 0 Å². The van der Waals surface area contributed by atoms with Crippen LogP contribution in [0.4, 0.5) is 0 Å². The Morgan fingerprint density at radius 2 is 1.86 bits per heavy atom. The maximum Gasteiger partial charge on any atom is 0.252 e. The fourth-order valence-electron chi connectivity index (χ4n) is 3.78. The smallest absolute Gasteiger partial charge is 0.252 e. The molecule has 1 unspecified atom stereocenters. The van der Waals surface area contributed by atoms with Crippen LogP contribution in [0.5, 0.6) is 5.75 Å². The number of amides is 1. The van der Waals surface area contributed by atoms with Crippen molar-refractivity contribution in [2.24, 2.45) is 5.73 Å². The lowest BCUT2D eigenvalue weighted by atomic mass is 10.0. The summed E-state index contributed by atoms with van der Waals surface area (Å²) >= 11 is 0. The second kappa shape index (κ2) is 11.2. The van der Waals surface area contributed by atoms with Gasteiger partial charge in [-0.3, -0.25) is 4.79 Å². The molecule has 158 valence electrons. The zero-order valence-electron chi connectivity index (χ0n) is 17.1. The summed E-state index contributed by atoms with van der Waals surface area (Å²) in [4.78, 5) is 15.3. The molecule has 0 saturated carbocycles. The molecule has 0 radical (unpaired) electrons. The highest BCUT2D eigenvalue weighted by atomic mass is 35.5. The Hall–Kier alpha value is -2.08. The largest absolute Gasteiger partial charge is 0.496 e. The van der Waals surface area contributed by atoms with Crippen LogP contribution in [-0.4, -0.2) is 42.7 Å². The molecule has 2 aromatic rings. The lowest BCUT2D eigenvalue weighted by Gasteiger charge is -2.32. The number of para-hydroxylation sites is 1. The fraction of sp³-hybridized carbons (Fsp3) is 0.435. The number of methoxy groups -OCH3 is 1. The van der Waals surface area contributed by atoms with E-state index in [0.717, 1.165) is 36.1 Å². The molecule has 2 aromatic carbocycles. The highest BCUT2D eigenvalue weighted by Gasteiger charge is 2.34. The summed E-state index contributed by atoms with van der Waals surface area (Å²) in [5.41, 5.74) is 7.93. The topological polar surface area (TPSA) is 64.8 Å². The van der Waals surface area contributed by atoms with Gasteiger partial charge in [0.1, 0.15) is 11.9 Å². The minimum atomic E-state index is -0.405. The van der Waals surface area contributed by atoms with E-state index >= 15 is 0 Å². The van der Waals surface area contributed by atoms with Crippen molar-refractivity contribution in [1.82, 2.24) is 4.90 Å². The molecule has 6 heteroatoms. The molecule has 1 fully saturated rings. The summed E-state index contributed by atoms with van der Waals surface area (Å²) in [6, 6.07) is 18.1. The van der Waals surface area contributed by atoms with Crippen molar-refractivity contribution in [2.75, 3.05) is 13.7 Å². The second-order valence-electron chi connectivity index (χ2n) is 7.38. The molecule has 1 saturated heterocycles. The van der Waals surface area contributed by atoms with Crippen LogP contribution in [0.3, 0.4) is 0 Å². The van der Waals surface area contributed by atoms with Gasteiger partial charge in [0.05, 0.1) is 13.2 Å². The molecule has 1 heterocycles. The number of benzene rings is 2. The van der Waals surface area contributed by atoms with Crippen molar-refractivity contribution in [3.05, 3.63) is 65.7 Å². The Morgan fingerprint density at radius 3 is 2.52 bits per heavy atom. The number of nitrogens with zero attached hydrogens (tertiary/aromatic N) is 1. The second-order valence-corrected chi connectivity index (χ2v) is 7.38. The number of ether oxygens (including phenoxy) is 2. The third kappa shape index (κ3) is 5.95. The van der Waals surface area contributed by atoms with Gasteiger partial charge < -0.3 is 20.1 Å². The lowest BCUT2D eigenvalue weighted by Crippen LogP contribution is -2.45. The molecule has 3 atom stereocenters. The summed E-state index contributed by atoms with van der Waals surface area (Å²) in [6.07, 6.45) is 1.87. The van der Waals surface area contributed by atoms with E-state index in [1.165, 1.54) is 0 Å². The Labute approximate surface area is 179 Å². The van der Waals surface area contributed by atoms with Gasteiger partial charge in [0.2, 0.25) is 0 Å². The zero-order chi connectivity index (χ0) is 19.9. The third-order valence-electron chi connectivity index (χ3n) is 5.36. The third-order valence-corrected chi connectivity index (χ3v) is 5.36. The van der Waals surface area contributed by atoms with Gasteiger partial charge in [-0.25, -0.2) is 0 Å². The molecule has 1 aliphatic rings. The number of halogens is 1. The van der Waals surface area contributed by atoms with Crippen LogP contribution in [0.2, 0.25) is 0 Å². The van der Waals surface area contributed by atoms with Crippen molar-refractivity contribution in [1.29, 1.82) is 0 Å². The molecule has 2 N–H and O–H groups in total. The van der Waals surface area contributed by atoms with Gasteiger partial charge in [0.15, 0.2) is 0 Å². The highest BCUT2D eigenvalue weighted by molar-refractivity contribution is 5.85. The maximum absolute atomic E-state index is 13.3. The minimum Gasteiger partial charge on any atom is -0.496 e. The standard InChI is InChI=1S/C23H30N2O3.ClH/c1-17(14-19-10-6-7-11-21(19)27-2)25(16-18-8-4-3-5-9-18)23(26)22-13-12-20(15-24)28-22;/h3-11,17,20,22H,12-16,24H2,1-2H3;1H/t17?,20-,22+;/m1./s1. The number of hydrogen-bond acceptors (Lipinski definition) is 4. The van der Waals surface area contributed by atoms with E-state index in [9.17, 15) is 4.79 Å². The highest BCUT2D eigenvalue weighted by Crippen LogP contribution is 2.25. The first kappa shape index (κ1) is 23.2. The quantitative estimate of drug-likeness (QED) is 0.711. The van der Waals surface area contributed by atoms with Crippen molar-refractivity contribution in [3.8, 4) is 5.75 Å². The molecule has 5 nitrogen and oxygen atoms in total. The molecule has 3 rings (SSSR count). The van der Waals surface area contributed by atoms with Gasteiger partial charge in [0, 0.05) is 19.1 Å². The summed E-state index contributed by atoms with van der Waals surface area (Å²) in [5, 5.41) is 0. The summed E-state index contributed by atoms with van der Waals surface area (Å²) in [5.74, 6) is 0.893. The number of carbonyl (C=O) groups is 1. The Kier molecular flexibility index (Phi) is 8.96. The van der Waals surface area contributed by atoms with Gasteiger partial charge in [0.25, 0.3) is 5.91 Å². The van der Waals surface area contributed by atoms with Crippen molar-refractivity contribution >= 4 is 18.3 Å². The first-order valence-electron chi connectivity index (χ1n) is 9.94. The molecule has 0 aromatic heterocycles. The van der Waals surface area contributed by atoms with Gasteiger partial charge in [-0.1, -0.05) is 48.5 Å². The Balaban J connectivity index is 0.00000300. The van der Waals surface area contributed by atoms with Gasteiger partial charge in [-0.15, -0.1) is 12.4 Å². The maximum atomic E-state index is 13.3. The van der Waals surface area contributed by atoms with Crippen molar-refractivity contribution in [3.63, 3.8) is 0 Å². The van der Waals surface area contributed by atoms with Crippen LogP contribution in [-0.2, 0) is 22.5 Å². The van der Waals surface area contributed by atoms with E-state index in [4.69, 9.17) is 15.2 Å². The van der Waals surface area contributed by atoms with Gasteiger partial charge in [-0.2, -0.15) is 0 Å². The van der Waals surface area contributed by atoms with Crippen LogP contribution < -0.4 is 10.5 Å². The molecule has 29 heavy (non-hydrogen) atoms. The number of nitrogens with two attached hydrogens (primary N) is 1. The first-order chi connectivity index (χ1) is 13.6. The van der Waals surface area contributed by atoms with E-state index in [-0.39, 0.29) is 30.5 Å².